The Bertz CT molecular complexity index is 1210. The second-order valence-electron chi connectivity index (χ2n) is 7.50. The Morgan fingerprint density at radius 1 is 1.00 bits per heavy atom. The monoisotopic (exact) mass is 517 g/mol. The predicted octanol–water partition coefficient (Wildman–Crippen LogP) is 6.32. The minimum absolute atomic E-state index is 0.0255. The summed E-state index contributed by atoms with van der Waals surface area (Å²) in [6, 6.07) is 5.20. The molecule has 12 heteroatoms. The lowest BCUT2D eigenvalue weighted by molar-refractivity contribution is -0.143. The first-order valence-electron chi connectivity index (χ1n) is 10.0. The van der Waals surface area contributed by atoms with Crippen LogP contribution in [-0.4, -0.2) is 28.7 Å². The van der Waals surface area contributed by atoms with Gasteiger partial charge in [0.15, 0.2) is 5.16 Å². The van der Waals surface area contributed by atoms with Crippen LogP contribution in [0.2, 0.25) is 0 Å². The van der Waals surface area contributed by atoms with Crippen LogP contribution < -0.4 is 5.32 Å². The number of carbonyl (C=O) groups is 1. The van der Waals surface area contributed by atoms with E-state index >= 15 is 0 Å². The van der Waals surface area contributed by atoms with Crippen molar-refractivity contribution in [3.63, 3.8) is 0 Å². The summed E-state index contributed by atoms with van der Waals surface area (Å²) in [4.78, 5) is 21.2. The lowest BCUT2D eigenvalue weighted by atomic mass is 10.0. The summed E-state index contributed by atoms with van der Waals surface area (Å²) in [5.74, 6) is -1.16. The third kappa shape index (κ3) is 6.50. The fourth-order valence-electron chi connectivity index (χ4n) is 3.31. The van der Waals surface area contributed by atoms with E-state index in [1.54, 1.807) is 13.2 Å². The van der Waals surface area contributed by atoms with Crippen molar-refractivity contribution in [2.75, 3.05) is 12.8 Å². The second-order valence-corrected chi connectivity index (χ2v) is 8.27. The van der Waals surface area contributed by atoms with E-state index in [2.05, 4.69) is 15.3 Å². The molecule has 1 amide bonds. The number of nitrogens with one attached hydrogen (secondary N) is 1. The van der Waals surface area contributed by atoms with Crippen LogP contribution in [0.4, 0.5) is 30.7 Å². The summed E-state index contributed by atoms with van der Waals surface area (Å²) in [6.45, 7) is 1.39. The highest BCUT2D eigenvalue weighted by atomic mass is 32.2. The van der Waals surface area contributed by atoms with Crippen molar-refractivity contribution >= 4 is 17.7 Å². The Hall–Kier alpha value is -3.15. The van der Waals surface area contributed by atoms with Crippen molar-refractivity contribution in [2.45, 2.75) is 30.9 Å². The largest absolute Gasteiger partial charge is 0.416 e. The highest BCUT2D eigenvalue weighted by Crippen LogP contribution is 2.36. The van der Waals surface area contributed by atoms with Gasteiger partial charge in [-0.1, -0.05) is 11.8 Å². The molecule has 0 aliphatic carbocycles. The van der Waals surface area contributed by atoms with Crippen LogP contribution in [0.15, 0.2) is 47.8 Å². The van der Waals surface area contributed by atoms with Crippen molar-refractivity contribution in [3.8, 4) is 11.3 Å². The number of amides is 1. The molecule has 1 aromatic heterocycles. The zero-order valence-electron chi connectivity index (χ0n) is 18.3. The maximum absolute atomic E-state index is 13.5. The number of benzene rings is 2. The molecule has 0 aliphatic heterocycles. The summed E-state index contributed by atoms with van der Waals surface area (Å²) in [7, 11) is 0. The number of hydrogen-bond acceptors (Lipinski definition) is 4. The SMILES string of the molecule is CSc1ncc(C(=O)NCCc2cc(C(F)(F)F)cc(C(F)(F)F)c2)c(-c2ccc(F)cc2C)n1. The summed E-state index contributed by atoms with van der Waals surface area (Å²) in [5.41, 5.74) is -1.87. The molecule has 0 saturated carbocycles. The molecular formula is C23H18F7N3OS. The lowest BCUT2D eigenvalue weighted by Crippen LogP contribution is -2.27. The third-order valence-corrected chi connectivity index (χ3v) is 5.55. The fraction of sp³-hybridized carbons (Fsp3) is 0.261. The van der Waals surface area contributed by atoms with E-state index in [9.17, 15) is 35.5 Å². The number of nitrogens with zero attached hydrogens (tertiary/aromatic N) is 2. The van der Waals surface area contributed by atoms with Crippen LogP contribution in [-0.2, 0) is 18.8 Å². The van der Waals surface area contributed by atoms with Gasteiger partial charge in [0.05, 0.1) is 22.4 Å². The molecular weight excluding hydrogens is 499 g/mol. The highest BCUT2D eigenvalue weighted by molar-refractivity contribution is 7.98. The smallest absolute Gasteiger partial charge is 0.352 e. The van der Waals surface area contributed by atoms with Gasteiger partial charge in [-0.3, -0.25) is 4.79 Å². The van der Waals surface area contributed by atoms with E-state index in [-0.39, 0.29) is 35.9 Å². The molecule has 35 heavy (non-hydrogen) atoms. The van der Waals surface area contributed by atoms with Gasteiger partial charge >= 0.3 is 12.4 Å². The van der Waals surface area contributed by atoms with E-state index in [1.807, 2.05) is 0 Å². The molecule has 3 rings (SSSR count). The van der Waals surface area contributed by atoms with Crippen LogP contribution in [0.3, 0.4) is 0 Å². The maximum Gasteiger partial charge on any atom is 0.416 e. The number of aryl methyl sites for hydroxylation is 1. The number of alkyl halides is 6. The first kappa shape index (κ1) is 26.5. The van der Waals surface area contributed by atoms with Crippen molar-refractivity contribution in [1.29, 1.82) is 0 Å². The predicted molar refractivity (Wildman–Crippen MR) is 116 cm³/mol. The molecule has 2 aromatic carbocycles. The molecule has 186 valence electrons. The van der Waals surface area contributed by atoms with Crippen molar-refractivity contribution < 1.29 is 35.5 Å². The molecule has 0 saturated heterocycles. The summed E-state index contributed by atoms with van der Waals surface area (Å²) >= 11 is 1.22. The number of carbonyl (C=O) groups excluding carboxylic acids is 1. The average molecular weight is 517 g/mol. The van der Waals surface area contributed by atoms with Gasteiger partial charge < -0.3 is 5.32 Å². The van der Waals surface area contributed by atoms with E-state index in [1.165, 1.54) is 36.2 Å². The van der Waals surface area contributed by atoms with E-state index in [4.69, 9.17) is 0 Å². The van der Waals surface area contributed by atoms with Crippen LogP contribution >= 0.6 is 11.8 Å². The molecule has 0 radical (unpaired) electrons. The number of halogens is 7. The van der Waals surface area contributed by atoms with Crippen LogP contribution in [0.5, 0.6) is 0 Å². The number of thioether (sulfide) groups is 1. The van der Waals surface area contributed by atoms with Gasteiger partial charge in [0, 0.05) is 18.3 Å². The molecule has 3 aromatic rings. The molecule has 0 atom stereocenters. The van der Waals surface area contributed by atoms with Crippen molar-refractivity contribution in [3.05, 3.63) is 76.2 Å². The molecule has 0 unspecified atom stereocenters. The number of aromatic nitrogens is 2. The molecule has 4 nitrogen and oxygen atoms in total. The van der Waals surface area contributed by atoms with Gasteiger partial charge in [0.2, 0.25) is 0 Å². The second kappa shape index (κ2) is 10.2. The molecule has 0 bridgehead atoms. The summed E-state index contributed by atoms with van der Waals surface area (Å²) in [5, 5.41) is 2.83. The van der Waals surface area contributed by atoms with Gasteiger partial charge in [0.1, 0.15) is 5.82 Å². The topological polar surface area (TPSA) is 54.9 Å². The van der Waals surface area contributed by atoms with Gasteiger partial charge in [-0.05, 0) is 67.1 Å². The first-order valence-corrected chi connectivity index (χ1v) is 11.3. The zero-order chi connectivity index (χ0) is 26.0. The fourth-order valence-corrected chi connectivity index (χ4v) is 3.65. The van der Waals surface area contributed by atoms with Gasteiger partial charge in [-0.25, -0.2) is 14.4 Å². The van der Waals surface area contributed by atoms with Crippen LogP contribution in [0, 0.1) is 12.7 Å². The zero-order valence-corrected chi connectivity index (χ0v) is 19.1. The summed E-state index contributed by atoms with van der Waals surface area (Å²) < 4.78 is 91.9. The van der Waals surface area contributed by atoms with Gasteiger partial charge in [-0.15, -0.1) is 0 Å². The average Bonchev–Trinajstić information content (AvgIpc) is 2.77. The maximum atomic E-state index is 13.5. The lowest BCUT2D eigenvalue weighted by Gasteiger charge is -2.15. The van der Waals surface area contributed by atoms with E-state index in [0.717, 1.165) is 0 Å². The van der Waals surface area contributed by atoms with Crippen molar-refractivity contribution in [2.24, 2.45) is 0 Å². The van der Waals surface area contributed by atoms with Crippen LogP contribution in [0.25, 0.3) is 11.3 Å². The van der Waals surface area contributed by atoms with E-state index in [0.29, 0.717) is 28.4 Å². The Labute approximate surface area is 200 Å². The number of rotatable bonds is 6. The van der Waals surface area contributed by atoms with Crippen LogP contribution in [0.1, 0.15) is 32.6 Å². The van der Waals surface area contributed by atoms with Gasteiger partial charge in [-0.2, -0.15) is 26.3 Å². The minimum atomic E-state index is -4.96. The minimum Gasteiger partial charge on any atom is -0.352 e. The molecule has 1 heterocycles. The Balaban J connectivity index is 1.85. The van der Waals surface area contributed by atoms with E-state index < -0.39 is 35.2 Å². The number of hydrogen-bond donors (Lipinski definition) is 1. The molecule has 0 aliphatic rings. The molecule has 0 spiro atoms. The molecule has 0 fully saturated rings. The van der Waals surface area contributed by atoms with Gasteiger partial charge in [0.25, 0.3) is 5.91 Å². The molecule has 1 N–H and O–H groups in total. The van der Waals surface area contributed by atoms with Crippen molar-refractivity contribution in [1.82, 2.24) is 15.3 Å². The quantitative estimate of drug-likeness (QED) is 0.236. The normalized spacial score (nSPS) is 12.0. The standard InChI is InChI=1S/C23H18F7N3OS/c1-12-7-16(24)3-4-17(12)19-18(11-32-21(33-19)35-2)20(34)31-6-5-13-8-14(22(25,26)27)10-15(9-13)23(28,29)30/h3-4,7-11H,5-6H2,1-2H3,(H,31,34). The first-order chi connectivity index (χ1) is 16.3. The Morgan fingerprint density at radius 2 is 1.63 bits per heavy atom. The Kier molecular flexibility index (Phi) is 7.73. The third-order valence-electron chi connectivity index (χ3n) is 4.98. The summed E-state index contributed by atoms with van der Waals surface area (Å²) in [6.07, 6.45) is -7.22. The Morgan fingerprint density at radius 3 is 2.17 bits per heavy atom. The highest BCUT2D eigenvalue weighted by Gasteiger charge is 2.36.